The second kappa shape index (κ2) is 9.33. The molecular formula is C6H12O2S2. The summed E-state index contributed by atoms with van der Waals surface area (Å²) in [5.74, 6) is 1.10. The van der Waals surface area contributed by atoms with E-state index in [0.29, 0.717) is 6.61 Å². The van der Waals surface area contributed by atoms with E-state index in [-0.39, 0.29) is 6.61 Å². The predicted octanol–water partition coefficient (Wildman–Crippen LogP) is 1.60. The van der Waals surface area contributed by atoms with Gasteiger partial charge in [0.2, 0.25) is 0 Å². The summed E-state index contributed by atoms with van der Waals surface area (Å²) in [5, 5.41) is 0. The molecule has 0 aliphatic carbocycles. The van der Waals surface area contributed by atoms with Gasteiger partial charge < -0.3 is 9.53 Å². The Hall–Kier alpha value is 0.330. The van der Waals surface area contributed by atoms with Gasteiger partial charge in [-0.1, -0.05) is 21.6 Å². The first-order valence-electron chi connectivity index (χ1n) is 3.08. The quantitative estimate of drug-likeness (QED) is 0.338. The number of hydrogen-bond donors (Lipinski definition) is 0. The summed E-state index contributed by atoms with van der Waals surface area (Å²) in [5.41, 5.74) is 0. The highest BCUT2D eigenvalue weighted by molar-refractivity contribution is 8.76. The molecule has 0 saturated carbocycles. The van der Waals surface area contributed by atoms with Gasteiger partial charge >= 0.3 is 0 Å². The molecule has 0 spiro atoms. The first-order chi connectivity index (χ1) is 4.91. The topological polar surface area (TPSA) is 26.3 Å². The van der Waals surface area contributed by atoms with Gasteiger partial charge in [-0.15, -0.1) is 0 Å². The molecule has 60 valence electrons. The lowest BCUT2D eigenvalue weighted by atomic mass is 10.5. The Morgan fingerprint density at radius 1 is 1.60 bits per heavy atom. The highest BCUT2D eigenvalue weighted by Crippen LogP contribution is 2.16. The van der Waals surface area contributed by atoms with Gasteiger partial charge in [-0.2, -0.15) is 0 Å². The maximum absolute atomic E-state index is 9.76. The second-order valence-electron chi connectivity index (χ2n) is 1.58. The zero-order chi connectivity index (χ0) is 7.66. The molecule has 0 rings (SSSR count). The van der Waals surface area contributed by atoms with Crippen LogP contribution in [0.2, 0.25) is 0 Å². The monoisotopic (exact) mass is 180 g/mol. The zero-order valence-electron chi connectivity index (χ0n) is 6.04. The van der Waals surface area contributed by atoms with Crippen molar-refractivity contribution in [2.45, 2.75) is 6.42 Å². The minimum Gasteiger partial charge on any atom is -0.374 e. The lowest BCUT2D eigenvalue weighted by Gasteiger charge is -1.97. The molecule has 10 heavy (non-hydrogen) atoms. The lowest BCUT2D eigenvalue weighted by molar-refractivity contribution is -0.111. The van der Waals surface area contributed by atoms with Crippen molar-refractivity contribution in [3.05, 3.63) is 0 Å². The van der Waals surface area contributed by atoms with E-state index in [4.69, 9.17) is 4.74 Å². The average Bonchev–Trinajstić information content (AvgIpc) is 1.97. The number of aldehydes is 1. The van der Waals surface area contributed by atoms with E-state index in [0.717, 1.165) is 18.5 Å². The summed E-state index contributed by atoms with van der Waals surface area (Å²) in [6, 6.07) is 0. The number of carbonyl (C=O) groups excluding carboxylic acids is 1. The van der Waals surface area contributed by atoms with E-state index in [2.05, 4.69) is 6.26 Å². The van der Waals surface area contributed by atoms with Gasteiger partial charge in [-0.25, -0.2) is 0 Å². The molecule has 0 N–H and O–H groups in total. The van der Waals surface area contributed by atoms with Gasteiger partial charge in [0.05, 0.1) is 0 Å². The summed E-state index contributed by atoms with van der Waals surface area (Å²) in [7, 11) is 3.57. The van der Waals surface area contributed by atoms with Crippen molar-refractivity contribution >= 4 is 27.9 Å². The largest absolute Gasteiger partial charge is 0.374 e. The van der Waals surface area contributed by atoms with Crippen LogP contribution in [-0.4, -0.2) is 31.5 Å². The van der Waals surface area contributed by atoms with E-state index in [9.17, 15) is 4.79 Å². The number of ether oxygens (including phenoxy) is 1. The summed E-state index contributed by atoms with van der Waals surface area (Å²) in [4.78, 5) is 9.76. The molecule has 0 heterocycles. The molecule has 0 fully saturated rings. The number of hydrogen-bond acceptors (Lipinski definition) is 4. The molecule has 4 heteroatoms. The Balaban J connectivity index is 2.70. The van der Waals surface area contributed by atoms with Gasteiger partial charge in [0.1, 0.15) is 12.9 Å². The highest BCUT2D eigenvalue weighted by atomic mass is 33.1. The highest BCUT2D eigenvalue weighted by Gasteiger charge is 1.87. The van der Waals surface area contributed by atoms with Gasteiger partial charge in [0, 0.05) is 12.4 Å². The molecular weight excluding hydrogens is 168 g/mol. The smallest absolute Gasteiger partial charge is 0.145 e. The Kier molecular flexibility index (Phi) is 9.64. The van der Waals surface area contributed by atoms with Gasteiger partial charge in [-0.3, -0.25) is 0 Å². The first-order valence-corrected chi connectivity index (χ1v) is 5.81. The van der Waals surface area contributed by atoms with Crippen molar-refractivity contribution in [2.75, 3.05) is 25.2 Å². The van der Waals surface area contributed by atoms with Crippen LogP contribution in [0.25, 0.3) is 0 Å². The van der Waals surface area contributed by atoms with Crippen molar-refractivity contribution in [2.24, 2.45) is 0 Å². The van der Waals surface area contributed by atoms with Gasteiger partial charge in [0.25, 0.3) is 0 Å². The van der Waals surface area contributed by atoms with Crippen LogP contribution in [0.5, 0.6) is 0 Å². The molecule has 0 aliphatic heterocycles. The Morgan fingerprint density at radius 3 is 3.00 bits per heavy atom. The minimum atomic E-state index is 0.240. The number of carbonyl (C=O) groups is 1. The molecule has 0 amide bonds. The van der Waals surface area contributed by atoms with E-state index in [1.165, 1.54) is 0 Å². The molecule has 0 aromatic carbocycles. The maximum atomic E-state index is 9.76. The fourth-order valence-corrected chi connectivity index (χ4v) is 1.69. The molecule has 0 unspecified atom stereocenters. The average molecular weight is 180 g/mol. The predicted molar refractivity (Wildman–Crippen MR) is 47.5 cm³/mol. The van der Waals surface area contributed by atoms with Gasteiger partial charge in [-0.05, 0) is 12.7 Å². The lowest BCUT2D eigenvalue weighted by Crippen LogP contribution is -1.97. The fraction of sp³-hybridized carbons (Fsp3) is 0.833. The van der Waals surface area contributed by atoms with Crippen molar-refractivity contribution in [3.8, 4) is 0 Å². The summed E-state index contributed by atoms with van der Waals surface area (Å²) >= 11 is 0. The van der Waals surface area contributed by atoms with Crippen LogP contribution in [0.3, 0.4) is 0 Å². The van der Waals surface area contributed by atoms with Crippen LogP contribution < -0.4 is 0 Å². The van der Waals surface area contributed by atoms with Crippen molar-refractivity contribution in [3.63, 3.8) is 0 Å². The van der Waals surface area contributed by atoms with Crippen LogP contribution in [0.15, 0.2) is 0 Å². The molecule has 0 atom stereocenters. The maximum Gasteiger partial charge on any atom is 0.145 e. The van der Waals surface area contributed by atoms with E-state index in [1.807, 2.05) is 10.8 Å². The third kappa shape index (κ3) is 8.33. The molecule has 0 aliphatic rings. The van der Waals surface area contributed by atoms with Crippen LogP contribution in [-0.2, 0) is 9.53 Å². The summed E-state index contributed by atoms with van der Waals surface area (Å²) in [6.07, 6.45) is 3.86. The molecule has 0 aromatic rings. The molecule has 2 nitrogen and oxygen atoms in total. The summed E-state index contributed by atoms with van der Waals surface area (Å²) < 4.78 is 4.94. The standard InChI is InChI=1S/C6H12O2S2/c1-9-10-6-2-4-8-5-3-7/h3H,2,4-6H2,1H3. The summed E-state index contributed by atoms with van der Waals surface area (Å²) in [6.45, 7) is 0.941. The van der Waals surface area contributed by atoms with Crippen LogP contribution in [0, 0.1) is 0 Å². The normalized spacial score (nSPS) is 9.70. The molecule has 0 saturated heterocycles. The fourth-order valence-electron chi connectivity index (χ4n) is 0.435. The van der Waals surface area contributed by atoms with E-state index in [1.54, 1.807) is 10.8 Å². The van der Waals surface area contributed by atoms with Gasteiger partial charge in [0.15, 0.2) is 0 Å². The SMILES string of the molecule is CSSCCCOCC=O. The van der Waals surface area contributed by atoms with E-state index < -0.39 is 0 Å². The van der Waals surface area contributed by atoms with Crippen molar-refractivity contribution in [1.29, 1.82) is 0 Å². The zero-order valence-corrected chi connectivity index (χ0v) is 7.67. The van der Waals surface area contributed by atoms with Crippen LogP contribution >= 0.6 is 21.6 Å². The molecule has 0 aromatic heterocycles. The second-order valence-corrected chi connectivity index (χ2v) is 4.27. The van der Waals surface area contributed by atoms with Crippen LogP contribution in [0.1, 0.15) is 6.42 Å². The van der Waals surface area contributed by atoms with Crippen molar-refractivity contribution < 1.29 is 9.53 Å². The Labute approximate surface area is 69.5 Å². The van der Waals surface area contributed by atoms with Crippen LogP contribution in [0.4, 0.5) is 0 Å². The third-order valence-electron chi connectivity index (χ3n) is 0.820. The molecule has 0 radical (unpaired) electrons. The molecule has 0 bridgehead atoms. The van der Waals surface area contributed by atoms with Crippen molar-refractivity contribution in [1.82, 2.24) is 0 Å². The first kappa shape index (κ1) is 10.3. The Bertz CT molecular complexity index is 78.1. The third-order valence-corrected chi connectivity index (χ3v) is 2.72. The minimum absolute atomic E-state index is 0.240. The number of rotatable bonds is 7. The Morgan fingerprint density at radius 2 is 2.40 bits per heavy atom. The van der Waals surface area contributed by atoms with E-state index >= 15 is 0 Å².